The molecule has 1 heterocycles. The zero-order valence-corrected chi connectivity index (χ0v) is 9.13. The van der Waals surface area contributed by atoms with Crippen LogP contribution in [0, 0.1) is 0 Å². The fourth-order valence-electron chi connectivity index (χ4n) is 1.09. The summed E-state index contributed by atoms with van der Waals surface area (Å²) < 4.78 is 0. The number of nitrogens with zero attached hydrogens (tertiary/aromatic N) is 2. The van der Waals surface area contributed by atoms with Gasteiger partial charge in [-0.15, -0.1) is 0 Å². The molecule has 0 unspecified atom stereocenters. The molecule has 15 heavy (non-hydrogen) atoms. The molecular weight excluding hydrogens is 233 g/mol. The molecule has 3 nitrogen and oxygen atoms in total. The molecule has 1 aromatic heterocycles. The van der Waals surface area contributed by atoms with E-state index in [4.69, 9.17) is 23.2 Å². The summed E-state index contributed by atoms with van der Waals surface area (Å²) in [5, 5.41) is 11.2. The van der Waals surface area contributed by atoms with Crippen LogP contribution in [0.5, 0.6) is 0 Å². The van der Waals surface area contributed by atoms with Crippen LogP contribution >= 0.6 is 23.2 Å². The van der Waals surface area contributed by atoms with Gasteiger partial charge >= 0.3 is 0 Å². The molecule has 0 fully saturated rings. The molecule has 1 N–H and O–H groups in total. The summed E-state index contributed by atoms with van der Waals surface area (Å²) in [4.78, 5) is 0. The number of rotatable bonds is 2. The molecule has 0 saturated carbocycles. The van der Waals surface area contributed by atoms with Crippen LogP contribution in [-0.4, -0.2) is 15.4 Å². The summed E-state index contributed by atoms with van der Waals surface area (Å²) in [7, 11) is 0. The number of halogens is 2. The lowest BCUT2D eigenvalue weighted by atomic mass is 10.2. The van der Waals surface area contributed by atoms with Crippen LogP contribution in [0.4, 0.5) is 0 Å². The Kier molecular flexibility index (Phi) is 3.04. The zero-order valence-electron chi connectivity index (χ0n) is 7.61. The zero-order chi connectivity index (χ0) is 10.7. The molecule has 0 saturated heterocycles. The highest BCUT2D eigenvalue weighted by molar-refractivity contribution is 6.42. The molecule has 0 amide bonds. The molecule has 5 heteroatoms. The normalized spacial score (nSPS) is 11.1. The minimum atomic E-state index is 0.541. The standard InChI is InChI=1S/C10H7Cl2N3/c11-9-4-2-7(5-10(9)12)1-3-8-6-13-15-14-8/h1-6H,(H,13,14,15)/b3-1+. The van der Waals surface area contributed by atoms with E-state index in [1.165, 1.54) is 0 Å². The van der Waals surface area contributed by atoms with Gasteiger partial charge in [-0.1, -0.05) is 35.3 Å². The Morgan fingerprint density at radius 3 is 2.67 bits per heavy atom. The third kappa shape index (κ3) is 2.58. The van der Waals surface area contributed by atoms with Crippen molar-refractivity contribution in [1.29, 1.82) is 0 Å². The van der Waals surface area contributed by atoms with Crippen molar-refractivity contribution < 1.29 is 0 Å². The van der Waals surface area contributed by atoms with Crippen LogP contribution in [0.15, 0.2) is 24.4 Å². The highest BCUT2D eigenvalue weighted by atomic mass is 35.5. The molecule has 0 atom stereocenters. The molecule has 0 aliphatic heterocycles. The minimum Gasteiger partial charge on any atom is -0.197 e. The van der Waals surface area contributed by atoms with Crippen LogP contribution < -0.4 is 0 Å². The largest absolute Gasteiger partial charge is 0.197 e. The van der Waals surface area contributed by atoms with Gasteiger partial charge in [0.05, 0.1) is 16.2 Å². The lowest BCUT2D eigenvalue weighted by molar-refractivity contribution is 0.937. The average Bonchev–Trinajstić information content (AvgIpc) is 2.73. The maximum absolute atomic E-state index is 5.87. The van der Waals surface area contributed by atoms with Crippen molar-refractivity contribution in [3.8, 4) is 0 Å². The van der Waals surface area contributed by atoms with Crippen molar-refractivity contribution in [3.63, 3.8) is 0 Å². The first kappa shape index (κ1) is 10.2. The van der Waals surface area contributed by atoms with Crippen molar-refractivity contribution in [2.75, 3.05) is 0 Å². The van der Waals surface area contributed by atoms with Gasteiger partial charge in [0.1, 0.15) is 5.69 Å². The number of benzene rings is 1. The van der Waals surface area contributed by atoms with Crippen LogP contribution in [0.3, 0.4) is 0 Å². The molecular formula is C10H7Cl2N3. The van der Waals surface area contributed by atoms with Crippen LogP contribution in [0.25, 0.3) is 12.2 Å². The van der Waals surface area contributed by atoms with Crippen molar-refractivity contribution in [3.05, 3.63) is 45.7 Å². The fraction of sp³-hybridized carbons (Fsp3) is 0. The summed E-state index contributed by atoms with van der Waals surface area (Å²) in [6.07, 6.45) is 5.36. The number of H-pyrrole nitrogens is 1. The average molecular weight is 240 g/mol. The highest BCUT2D eigenvalue weighted by Crippen LogP contribution is 2.23. The van der Waals surface area contributed by atoms with Crippen LogP contribution in [0.1, 0.15) is 11.3 Å². The predicted molar refractivity (Wildman–Crippen MR) is 61.8 cm³/mol. The molecule has 0 aliphatic rings. The highest BCUT2D eigenvalue weighted by Gasteiger charge is 1.96. The van der Waals surface area contributed by atoms with Crippen molar-refractivity contribution in [2.24, 2.45) is 0 Å². The molecule has 1 aromatic carbocycles. The van der Waals surface area contributed by atoms with Crippen molar-refractivity contribution in [1.82, 2.24) is 15.4 Å². The van der Waals surface area contributed by atoms with Gasteiger partial charge in [-0.2, -0.15) is 15.4 Å². The summed E-state index contributed by atoms with van der Waals surface area (Å²) in [5.41, 5.74) is 1.73. The first-order valence-corrected chi connectivity index (χ1v) is 5.00. The van der Waals surface area contributed by atoms with Crippen molar-refractivity contribution >= 4 is 35.4 Å². The second-order valence-corrected chi connectivity index (χ2v) is 3.72. The van der Waals surface area contributed by atoms with Gasteiger partial charge in [-0.25, -0.2) is 0 Å². The Balaban J connectivity index is 2.21. The number of hydrogen-bond donors (Lipinski definition) is 1. The molecule has 0 aliphatic carbocycles. The quantitative estimate of drug-likeness (QED) is 0.874. The van der Waals surface area contributed by atoms with Gasteiger partial charge in [0.25, 0.3) is 0 Å². The lowest BCUT2D eigenvalue weighted by Crippen LogP contribution is -1.75. The Labute approximate surface area is 96.7 Å². The van der Waals surface area contributed by atoms with E-state index in [-0.39, 0.29) is 0 Å². The topological polar surface area (TPSA) is 41.6 Å². The minimum absolute atomic E-state index is 0.541. The number of aromatic amines is 1. The lowest BCUT2D eigenvalue weighted by Gasteiger charge is -1.96. The number of hydrogen-bond acceptors (Lipinski definition) is 2. The summed E-state index contributed by atoms with van der Waals surface area (Å²) in [5.74, 6) is 0. The van der Waals surface area contributed by atoms with Gasteiger partial charge < -0.3 is 0 Å². The van der Waals surface area contributed by atoms with E-state index < -0.39 is 0 Å². The second kappa shape index (κ2) is 4.47. The maximum Gasteiger partial charge on any atom is 0.105 e. The van der Waals surface area contributed by atoms with E-state index in [0.717, 1.165) is 11.3 Å². The third-order valence-corrected chi connectivity index (χ3v) is 2.56. The molecule has 2 rings (SSSR count). The molecule has 2 aromatic rings. The van der Waals surface area contributed by atoms with E-state index in [1.807, 2.05) is 18.2 Å². The van der Waals surface area contributed by atoms with E-state index in [9.17, 15) is 0 Å². The van der Waals surface area contributed by atoms with E-state index in [2.05, 4.69) is 15.4 Å². The van der Waals surface area contributed by atoms with E-state index in [0.29, 0.717) is 10.0 Å². The predicted octanol–water partition coefficient (Wildman–Crippen LogP) is 3.28. The Hall–Kier alpha value is -1.32. The van der Waals surface area contributed by atoms with E-state index in [1.54, 1.807) is 18.3 Å². The van der Waals surface area contributed by atoms with Gasteiger partial charge in [0.15, 0.2) is 0 Å². The first-order valence-electron chi connectivity index (χ1n) is 4.24. The Morgan fingerprint density at radius 2 is 2.00 bits per heavy atom. The van der Waals surface area contributed by atoms with Gasteiger partial charge in [-0.05, 0) is 23.8 Å². The Morgan fingerprint density at radius 1 is 1.13 bits per heavy atom. The second-order valence-electron chi connectivity index (χ2n) is 2.90. The summed E-state index contributed by atoms with van der Waals surface area (Å²) in [6.45, 7) is 0. The SMILES string of the molecule is Clc1ccc(/C=C/c2cn[nH]n2)cc1Cl. The molecule has 0 radical (unpaired) electrons. The fourth-order valence-corrected chi connectivity index (χ4v) is 1.39. The van der Waals surface area contributed by atoms with Crippen LogP contribution in [0.2, 0.25) is 10.0 Å². The molecule has 76 valence electrons. The van der Waals surface area contributed by atoms with Gasteiger partial charge in [-0.3, -0.25) is 0 Å². The monoisotopic (exact) mass is 239 g/mol. The third-order valence-electron chi connectivity index (χ3n) is 1.82. The van der Waals surface area contributed by atoms with E-state index >= 15 is 0 Å². The summed E-state index contributed by atoms with van der Waals surface area (Å²) >= 11 is 11.7. The van der Waals surface area contributed by atoms with Crippen LogP contribution in [-0.2, 0) is 0 Å². The molecule has 0 spiro atoms. The van der Waals surface area contributed by atoms with Crippen molar-refractivity contribution in [2.45, 2.75) is 0 Å². The van der Waals surface area contributed by atoms with Gasteiger partial charge in [0, 0.05) is 0 Å². The van der Waals surface area contributed by atoms with Gasteiger partial charge in [0.2, 0.25) is 0 Å². The first-order chi connectivity index (χ1) is 7.25. The number of nitrogens with one attached hydrogen (secondary N) is 1. The molecule has 0 bridgehead atoms. The number of aromatic nitrogens is 3. The maximum atomic E-state index is 5.87. The summed E-state index contributed by atoms with van der Waals surface area (Å²) in [6, 6.07) is 5.43. The smallest absolute Gasteiger partial charge is 0.105 e. The Bertz CT molecular complexity index is 477.